The number of carbonyl (C=O) groups is 1. The van der Waals surface area contributed by atoms with Crippen LogP contribution in [0.3, 0.4) is 0 Å². The van der Waals surface area contributed by atoms with E-state index in [1.165, 1.54) is 12.5 Å². The number of benzene rings is 1. The van der Waals surface area contributed by atoms with Crippen molar-refractivity contribution in [3.05, 3.63) is 48.4 Å². The Labute approximate surface area is 103 Å². The van der Waals surface area contributed by atoms with E-state index in [2.05, 4.69) is 0 Å². The molecular formula is C14H11NO3. The van der Waals surface area contributed by atoms with Crippen LogP contribution < -0.4 is 0 Å². The SMILES string of the molecule is Cn1c(-c2cocc2C(=O)O)cc2ccccc21. The van der Waals surface area contributed by atoms with Crippen molar-refractivity contribution in [1.82, 2.24) is 4.57 Å². The van der Waals surface area contributed by atoms with Gasteiger partial charge in [-0.05, 0) is 12.1 Å². The number of furan rings is 1. The Morgan fingerprint density at radius 3 is 2.78 bits per heavy atom. The van der Waals surface area contributed by atoms with Crippen molar-refractivity contribution >= 4 is 16.9 Å². The van der Waals surface area contributed by atoms with Crippen molar-refractivity contribution in [2.24, 2.45) is 7.05 Å². The van der Waals surface area contributed by atoms with E-state index >= 15 is 0 Å². The first-order valence-corrected chi connectivity index (χ1v) is 5.53. The fourth-order valence-corrected chi connectivity index (χ4v) is 2.21. The van der Waals surface area contributed by atoms with Gasteiger partial charge in [-0.3, -0.25) is 0 Å². The van der Waals surface area contributed by atoms with E-state index in [1.807, 2.05) is 41.9 Å². The summed E-state index contributed by atoms with van der Waals surface area (Å²) in [5.41, 5.74) is 2.68. The van der Waals surface area contributed by atoms with Gasteiger partial charge in [-0.15, -0.1) is 0 Å². The topological polar surface area (TPSA) is 55.4 Å². The van der Waals surface area contributed by atoms with E-state index in [9.17, 15) is 4.79 Å². The highest BCUT2D eigenvalue weighted by Crippen LogP contribution is 2.30. The van der Waals surface area contributed by atoms with Gasteiger partial charge in [-0.2, -0.15) is 0 Å². The third-order valence-corrected chi connectivity index (χ3v) is 3.12. The largest absolute Gasteiger partial charge is 0.478 e. The number of fused-ring (bicyclic) bond motifs is 1. The number of carboxylic acid groups (broad SMARTS) is 1. The number of aromatic carboxylic acids is 1. The summed E-state index contributed by atoms with van der Waals surface area (Å²) >= 11 is 0. The molecule has 0 radical (unpaired) electrons. The number of nitrogens with zero attached hydrogens (tertiary/aromatic N) is 1. The van der Waals surface area contributed by atoms with Gasteiger partial charge >= 0.3 is 5.97 Å². The normalized spacial score (nSPS) is 10.9. The van der Waals surface area contributed by atoms with E-state index in [1.54, 1.807) is 0 Å². The maximum atomic E-state index is 11.1. The van der Waals surface area contributed by atoms with Crippen LogP contribution in [0.15, 0.2) is 47.3 Å². The molecule has 0 amide bonds. The van der Waals surface area contributed by atoms with Gasteiger partial charge in [0.2, 0.25) is 0 Å². The molecule has 0 spiro atoms. The number of rotatable bonds is 2. The molecule has 0 bridgehead atoms. The van der Waals surface area contributed by atoms with Gasteiger partial charge < -0.3 is 14.1 Å². The summed E-state index contributed by atoms with van der Waals surface area (Å²) in [6, 6.07) is 9.88. The number of aryl methyl sites for hydroxylation is 1. The highest BCUT2D eigenvalue weighted by atomic mass is 16.4. The van der Waals surface area contributed by atoms with Crippen LogP contribution in [0.1, 0.15) is 10.4 Å². The molecule has 1 N–H and O–H groups in total. The molecule has 0 aliphatic carbocycles. The van der Waals surface area contributed by atoms with Crippen LogP contribution in [0, 0.1) is 0 Å². The quantitative estimate of drug-likeness (QED) is 0.749. The molecule has 0 atom stereocenters. The Bertz CT molecular complexity index is 736. The second-order valence-corrected chi connectivity index (χ2v) is 4.15. The smallest absolute Gasteiger partial charge is 0.339 e. The lowest BCUT2D eigenvalue weighted by Crippen LogP contribution is -1.98. The summed E-state index contributed by atoms with van der Waals surface area (Å²) in [4.78, 5) is 11.1. The van der Waals surface area contributed by atoms with E-state index in [0.717, 1.165) is 16.6 Å². The molecule has 18 heavy (non-hydrogen) atoms. The monoisotopic (exact) mass is 241 g/mol. The highest BCUT2D eigenvalue weighted by molar-refractivity contribution is 5.97. The molecule has 4 nitrogen and oxygen atoms in total. The molecule has 3 aromatic rings. The third kappa shape index (κ3) is 1.43. The summed E-state index contributed by atoms with van der Waals surface area (Å²) in [5, 5.41) is 10.2. The van der Waals surface area contributed by atoms with Crippen LogP contribution in [0.25, 0.3) is 22.2 Å². The van der Waals surface area contributed by atoms with Gasteiger partial charge in [0.15, 0.2) is 0 Å². The first kappa shape index (κ1) is 10.7. The predicted octanol–water partition coefficient (Wildman–Crippen LogP) is 3.14. The first-order chi connectivity index (χ1) is 8.68. The maximum Gasteiger partial charge on any atom is 0.339 e. The number of hydrogen-bond acceptors (Lipinski definition) is 2. The molecule has 0 saturated heterocycles. The highest BCUT2D eigenvalue weighted by Gasteiger charge is 2.17. The molecule has 2 heterocycles. The summed E-state index contributed by atoms with van der Waals surface area (Å²) < 4.78 is 6.98. The van der Waals surface area contributed by atoms with Crippen molar-refractivity contribution < 1.29 is 14.3 Å². The van der Waals surface area contributed by atoms with E-state index in [4.69, 9.17) is 9.52 Å². The van der Waals surface area contributed by atoms with Crippen LogP contribution in [0.5, 0.6) is 0 Å². The molecule has 0 aliphatic rings. The van der Waals surface area contributed by atoms with Gasteiger partial charge in [-0.25, -0.2) is 4.79 Å². The minimum Gasteiger partial charge on any atom is -0.478 e. The lowest BCUT2D eigenvalue weighted by atomic mass is 10.1. The lowest BCUT2D eigenvalue weighted by Gasteiger charge is -2.02. The van der Waals surface area contributed by atoms with E-state index in [0.29, 0.717) is 5.56 Å². The number of hydrogen-bond donors (Lipinski definition) is 1. The van der Waals surface area contributed by atoms with Crippen molar-refractivity contribution in [3.8, 4) is 11.3 Å². The molecule has 0 fully saturated rings. The Kier molecular flexibility index (Phi) is 2.23. The average Bonchev–Trinajstić information content (AvgIpc) is 2.94. The minimum absolute atomic E-state index is 0.181. The summed E-state index contributed by atoms with van der Waals surface area (Å²) in [7, 11) is 1.91. The summed E-state index contributed by atoms with van der Waals surface area (Å²) in [6.07, 6.45) is 2.73. The van der Waals surface area contributed by atoms with Crippen LogP contribution in [0.2, 0.25) is 0 Å². The Morgan fingerprint density at radius 1 is 1.28 bits per heavy atom. The second-order valence-electron chi connectivity index (χ2n) is 4.15. The zero-order valence-corrected chi connectivity index (χ0v) is 9.75. The van der Waals surface area contributed by atoms with Crippen molar-refractivity contribution in [3.63, 3.8) is 0 Å². The van der Waals surface area contributed by atoms with E-state index < -0.39 is 5.97 Å². The summed E-state index contributed by atoms with van der Waals surface area (Å²) in [5.74, 6) is -0.982. The van der Waals surface area contributed by atoms with Crippen molar-refractivity contribution in [1.29, 1.82) is 0 Å². The molecule has 4 heteroatoms. The third-order valence-electron chi connectivity index (χ3n) is 3.12. The minimum atomic E-state index is -0.982. The fourth-order valence-electron chi connectivity index (χ4n) is 2.21. The van der Waals surface area contributed by atoms with E-state index in [-0.39, 0.29) is 5.56 Å². The zero-order chi connectivity index (χ0) is 12.7. The molecule has 0 unspecified atom stereocenters. The predicted molar refractivity (Wildman–Crippen MR) is 67.6 cm³/mol. The van der Waals surface area contributed by atoms with Crippen LogP contribution >= 0.6 is 0 Å². The molecule has 0 aliphatic heterocycles. The van der Waals surface area contributed by atoms with Crippen LogP contribution in [-0.4, -0.2) is 15.6 Å². The van der Waals surface area contributed by atoms with Gasteiger partial charge in [-0.1, -0.05) is 18.2 Å². The van der Waals surface area contributed by atoms with Gasteiger partial charge in [0, 0.05) is 18.0 Å². The average molecular weight is 241 g/mol. The zero-order valence-electron chi connectivity index (χ0n) is 9.75. The van der Waals surface area contributed by atoms with Crippen molar-refractivity contribution in [2.75, 3.05) is 0 Å². The molecular weight excluding hydrogens is 230 g/mol. The van der Waals surface area contributed by atoms with Gasteiger partial charge in [0.1, 0.15) is 18.1 Å². The molecule has 0 saturated carbocycles. The molecule has 1 aromatic carbocycles. The number of para-hydroxylation sites is 1. The molecule has 2 aromatic heterocycles. The fraction of sp³-hybridized carbons (Fsp3) is 0.0714. The maximum absolute atomic E-state index is 11.1. The molecule has 3 rings (SSSR count). The number of aromatic nitrogens is 1. The molecule has 90 valence electrons. The van der Waals surface area contributed by atoms with Crippen LogP contribution in [-0.2, 0) is 7.05 Å². The number of carboxylic acids is 1. The van der Waals surface area contributed by atoms with Gasteiger partial charge in [0.25, 0.3) is 0 Å². The van der Waals surface area contributed by atoms with Crippen molar-refractivity contribution in [2.45, 2.75) is 0 Å². The standard InChI is InChI=1S/C14H11NO3/c1-15-12-5-3-2-4-9(12)6-13(15)10-7-18-8-11(10)14(16)17/h2-8H,1H3,(H,16,17). The Hall–Kier alpha value is -2.49. The second kappa shape index (κ2) is 3.77. The Balaban J connectivity index is 2.29. The lowest BCUT2D eigenvalue weighted by molar-refractivity contribution is 0.0697. The summed E-state index contributed by atoms with van der Waals surface area (Å²) in [6.45, 7) is 0. The Morgan fingerprint density at radius 2 is 2.06 bits per heavy atom. The van der Waals surface area contributed by atoms with Crippen LogP contribution in [0.4, 0.5) is 0 Å². The van der Waals surface area contributed by atoms with Gasteiger partial charge in [0.05, 0.1) is 11.3 Å². The first-order valence-electron chi connectivity index (χ1n) is 5.53.